The summed E-state index contributed by atoms with van der Waals surface area (Å²) in [7, 11) is 0. The summed E-state index contributed by atoms with van der Waals surface area (Å²) in [6.07, 6.45) is 0. The molecule has 3 rings (SSSR count). The van der Waals surface area contributed by atoms with Crippen LogP contribution in [0.1, 0.15) is 26.5 Å². The number of rotatable bonds is 4. The van der Waals surface area contributed by atoms with Gasteiger partial charge in [-0.1, -0.05) is 17.7 Å². The fourth-order valence-corrected chi connectivity index (χ4v) is 2.52. The number of primary amides is 1. The monoisotopic (exact) mass is 355 g/mol. The van der Waals surface area contributed by atoms with Crippen LogP contribution in [0.4, 0.5) is 5.69 Å². The molecule has 7 nitrogen and oxygen atoms in total. The molecule has 0 saturated heterocycles. The van der Waals surface area contributed by atoms with Gasteiger partial charge in [0.15, 0.2) is 5.82 Å². The number of benzene rings is 2. The second-order valence-electron chi connectivity index (χ2n) is 5.34. The van der Waals surface area contributed by atoms with Gasteiger partial charge in [-0.15, -0.1) is 0 Å². The number of carbonyl (C=O) groups excluding carboxylic acids is 2. The van der Waals surface area contributed by atoms with Crippen molar-refractivity contribution in [3.63, 3.8) is 0 Å². The molecule has 0 saturated carbocycles. The summed E-state index contributed by atoms with van der Waals surface area (Å²) in [5.74, 6) is 0.191. The summed E-state index contributed by atoms with van der Waals surface area (Å²) in [6, 6.07) is 11.2. The summed E-state index contributed by atoms with van der Waals surface area (Å²) in [4.78, 5) is 27.8. The lowest BCUT2D eigenvalue weighted by Crippen LogP contribution is -2.15. The zero-order valence-electron chi connectivity index (χ0n) is 13.2. The first kappa shape index (κ1) is 16.7. The highest BCUT2D eigenvalue weighted by Gasteiger charge is 2.12. The molecule has 2 aromatic carbocycles. The van der Waals surface area contributed by atoms with Gasteiger partial charge in [-0.05, 0) is 43.3 Å². The number of nitrogens with one attached hydrogen (secondary N) is 2. The van der Waals surface area contributed by atoms with Gasteiger partial charge >= 0.3 is 0 Å². The van der Waals surface area contributed by atoms with Crippen molar-refractivity contribution in [1.82, 2.24) is 15.2 Å². The normalized spacial score (nSPS) is 10.5. The van der Waals surface area contributed by atoms with E-state index in [0.717, 1.165) is 0 Å². The van der Waals surface area contributed by atoms with Crippen molar-refractivity contribution in [2.45, 2.75) is 6.92 Å². The first-order chi connectivity index (χ1) is 11.9. The van der Waals surface area contributed by atoms with Gasteiger partial charge in [0.1, 0.15) is 5.82 Å². The number of hydrogen-bond donors (Lipinski definition) is 3. The number of nitrogens with zero attached hydrogens (tertiary/aromatic N) is 2. The fraction of sp³-hybridized carbons (Fsp3) is 0.0588. The Morgan fingerprint density at radius 1 is 1.16 bits per heavy atom. The first-order valence-corrected chi connectivity index (χ1v) is 7.72. The van der Waals surface area contributed by atoms with Crippen molar-refractivity contribution in [2.24, 2.45) is 5.73 Å². The molecular weight excluding hydrogens is 342 g/mol. The highest BCUT2D eigenvalue weighted by molar-refractivity contribution is 6.33. The Morgan fingerprint density at radius 3 is 2.56 bits per heavy atom. The van der Waals surface area contributed by atoms with E-state index >= 15 is 0 Å². The molecule has 0 atom stereocenters. The minimum Gasteiger partial charge on any atom is -0.366 e. The summed E-state index contributed by atoms with van der Waals surface area (Å²) in [6.45, 7) is 1.79. The van der Waals surface area contributed by atoms with Gasteiger partial charge in [-0.2, -0.15) is 5.10 Å². The minimum absolute atomic E-state index is 0.265. The molecule has 126 valence electrons. The molecule has 0 unspecified atom stereocenters. The van der Waals surface area contributed by atoms with Crippen LogP contribution in [-0.4, -0.2) is 27.0 Å². The van der Waals surface area contributed by atoms with E-state index in [1.54, 1.807) is 43.3 Å². The van der Waals surface area contributed by atoms with Crippen LogP contribution in [0.25, 0.3) is 11.4 Å². The Bertz CT molecular complexity index is 967. The standard InChI is InChI=1S/C17H14ClN5O2/c1-9-20-16(23-22-9)13-6-5-12(8-14(13)18)21-17(25)11-4-2-3-10(7-11)15(19)24/h2-8H,1H3,(H2,19,24)(H,21,25)(H,20,22,23). The summed E-state index contributed by atoms with van der Waals surface area (Å²) in [5.41, 5.74) is 6.97. The Labute approximate surface area is 148 Å². The summed E-state index contributed by atoms with van der Waals surface area (Å²) >= 11 is 6.26. The first-order valence-electron chi connectivity index (χ1n) is 7.34. The Morgan fingerprint density at radius 2 is 1.92 bits per heavy atom. The summed E-state index contributed by atoms with van der Waals surface area (Å²) < 4.78 is 0. The number of aryl methyl sites for hydroxylation is 1. The van der Waals surface area contributed by atoms with Crippen molar-refractivity contribution >= 4 is 29.1 Å². The molecule has 8 heteroatoms. The molecule has 0 radical (unpaired) electrons. The third kappa shape index (κ3) is 3.67. The van der Waals surface area contributed by atoms with E-state index in [1.807, 2.05) is 0 Å². The van der Waals surface area contributed by atoms with Gasteiger partial charge in [-0.3, -0.25) is 14.7 Å². The SMILES string of the molecule is Cc1nc(-c2ccc(NC(=O)c3cccc(C(N)=O)c3)cc2Cl)n[nH]1. The highest BCUT2D eigenvalue weighted by atomic mass is 35.5. The third-order valence-electron chi connectivity index (χ3n) is 3.47. The molecule has 3 aromatic rings. The maximum Gasteiger partial charge on any atom is 0.255 e. The van der Waals surface area contributed by atoms with E-state index in [-0.39, 0.29) is 11.5 Å². The largest absolute Gasteiger partial charge is 0.366 e. The molecular formula is C17H14ClN5O2. The van der Waals surface area contributed by atoms with Crippen LogP contribution in [0, 0.1) is 6.92 Å². The van der Waals surface area contributed by atoms with E-state index < -0.39 is 5.91 Å². The fourth-order valence-electron chi connectivity index (χ4n) is 2.25. The molecule has 4 N–H and O–H groups in total. The van der Waals surface area contributed by atoms with E-state index in [1.165, 1.54) is 6.07 Å². The van der Waals surface area contributed by atoms with Crippen molar-refractivity contribution < 1.29 is 9.59 Å². The third-order valence-corrected chi connectivity index (χ3v) is 3.79. The maximum atomic E-state index is 12.3. The number of aromatic amines is 1. The molecule has 2 amide bonds. The van der Waals surface area contributed by atoms with Crippen LogP contribution in [0.3, 0.4) is 0 Å². The highest BCUT2D eigenvalue weighted by Crippen LogP contribution is 2.28. The lowest BCUT2D eigenvalue weighted by atomic mass is 10.1. The number of aromatic nitrogens is 3. The van der Waals surface area contributed by atoms with Crippen LogP contribution in [-0.2, 0) is 0 Å². The molecule has 0 fully saturated rings. The quantitative estimate of drug-likeness (QED) is 0.667. The average Bonchev–Trinajstić information content (AvgIpc) is 3.01. The maximum absolute atomic E-state index is 12.3. The van der Waals surface area contributed by atoms with Gasteiger partial charge in [0.2, 0.25) is 5.91 Å². The van der Waals surface area contributed by atoms with Gasteiger partial charge in [0.25, 0.3) is 5.91 Å². The number of halogens is 1. The number of anilines is 1. The van der Waals surface area contributed by atoms with Crippen LogP contribution in [0.15, 0.2) is 42.5 Å². The Kier molecular flexibility index (Phi) is 4.49. The molecule has 25 heavy (non-hydrogen) atoms. The molecule has 0 aliphatic rings. The molecule has 0 aliphatic carbocycles. The minimum atomic E-state index is -0.594. The Hall–Kier alpha value is -3.19. The molecule has 1 heterocycles. The van der Waals surface area contributed by atoms with E-state index in [2.05, 4.69) is 20.5 Å². The van der Waals surface area contributed by atoms with Gasteiger partial charge < -0.3 is 11.1 Å². The number of amides is 2. The lowest BCUT2D eigenvalue weighted by Gasteiger charge is -2.08. The van der Waals surface area contributed by atoms with Gasteiger partial charge in [0.05, 0.1) is 5.02 Å². The number of carbonyl (C=O) groups is 2. The van der Waals surface area contributed by atoms with Crippen LogP contribution in [0.2, 0.25) is 5.02 Å². The zero-order valence-corrected chi connectivity index (χ0v) is 14.0. The molecule has 0 spiro atoms. The predicted molar refractivity (Wildman–Crippen MR) is 94.5 cm³/mol. The van der Waals surface area contributed by atoms with Crippen LogP contribution < -0.4 is 11.1 Å². The van der Waals surface area contributed by atoms with Crippen LogP contribution in [0.5, 0.6) is 0 Å². The smallest absolute Gasteiger partial charge is 0.255 e. The second-order valence-corrected chi connectivity index (χ2v) is 5.75. The van der Waals surface area contributed by atoms with Crippen molar-refractivity contribution in [3.8, 4) is 11.4 Å². The zero-order chi connectivity index (χ0) is 18.0. The molecule has 0 aliphatic heterocycles. The van der Waals surface area contributed by atoms with Crippen LogP contribution >= 0.6 is 11.6 Å². The number of nitrogens with two attached hydrogens (primary N) is 1. The van der Waals surface area contributed by atoms with Crippen molar-refractivity contribution in [2.75, 3.05) is 5.32 Å². The van der Waals surface area contributed by atoms with Gasteiger partial charge in [-0.25, -0.2) is 4.98 Å². The predicted octanol–water partition coefficient (Wildman–Crippen LogP) is 2.78. The average molecular weight is 356 g/mol. The number of H-pyrrole nitrogens is 1. The summed E-state index contributed by atoms with van der Waals surface area (Å²) in [5, 5.41) is 9.94. The molecule has 1 aromatic heterocycles. The second kappa shape index (κ2) is 6.74. The van der Waals surface area contributed by atoms with Crippen molar-refractivity contribution in [3.05, 3.63) is 64.4 Å². The number of hydrogen-bond acceptors (Lipinski definition) is 4. The molecule has 0 bridgehead atoms. The van der Waals surface area contributed by atoms with Gasteiger partial charge in [0, 0.05) is 22.4 Å². The lowest BCUT2D eigenvalue weighted by molar-refractivity contribution is 0.1000. The van der Waals surface area contributed by atoms with E-state index in [4.69, 9.17) is 17.3 Å². The van der Waals surface area contributed by atoms with E-state index in [0.29, 0.717) is 33.5 Å². The van der Waals surface area contributed by atoms with E-state index in [9.17, 15) is 9.59 Å². The topological polar surface area (TPSA) is 114 Å². The van der Waals surface area contributed by atoms with Crippen molar-refractivity contribution in [1.29, 1.82) is 0 Å². The Balaban J connectivity index is 1.81.